The van der Waals surface area contributed by atoms with E-state index in [1.807, 2.05) is 13.8 Å². The molecule has 0 aromatic heterocycles. The van der Waals surface area contributed by atoms with E-state index in [4.69, 9.17) is 0 Å². The van der Waals surface area contributed by atoms with Crippen LogP contribution in [0.2, 0.25) is 0 Å². The number of hydrogen-bond acceptors (Lipinski definition) is 4. The van der Waals surface area contributed by atoms with Crippen molar-refractivity contribution < 1.29 is 27.0 Å². The second-order valence-corrected chi connectivity index (χ2v) is 13.8. The van der Waals surface area contributed by atoms with Crippen LogP contribution in [0.4, 0.5) is 17.6 Å². The summed E-state index contributed by atoms with van der Waals surface area (Å²) in [6.45, 7) is 15.1. The number of piperidine rings is 1. The van der Waals surface area contributed by atoms with Crippen molar-refractivity contribution in [2.75, 3.05) is 6.54 Å². The van der Waals surface area contributed by atoms with Crippen molar-refractivity contribution in [2.45, 2.75) is 105 Å². The van der Waals surface area contributed by atoms with Crippen molar-refractivity contribution in [2.24, 2.45) is 34.5 Å². The van der Waals surface area contributed by atoms with E-state index in [0.717, 1.165) is 49.1 Å². The van der Waals surface area contributed by atoms with Crippen molar-refractivity contribution in [3.05, 3.63) is 84.6 Å². The Morgan fingerprint density at radius 3 is 1.96 bits per heavy atom. The van der Waals surface area contributed by atoms with Crippen LogP contribution in [0.5, 0.6) is 11.5 Å². The first kappa shape index (κ1) is 36.8. The quantitative estimate of drug-likeness (QED) is 0.166. The Kier molecular flexibility index (Phi) is 12.5. The Bertz CT molecular complexity index is 1250. The molecule has 4 nitrogen and oxygen atoms in total. The molecule has 2 aliphatic carbocycles. The van der Waals surface area contributed by atoms with Gasteiger partial charge < -0.3 is 20.1 Å². The monoisotopic (exact) mass is 658 g/mol. The lowest BCUT2D eigenvalue weighted by atomic mass is 9.49. The second-order valence-electron chi connectivity index (χ2n) is 13.8. The van der Waals surface area contributed by atoms with Crippen LogP contribution >= 0.6 is 0 Å². The average molecular weight is 659 g/mol. The van der Waals surface area contributed by atoms with E-state index in [1.54, 1.807) is 24.3 Å². The van der Waals surface area contributed by atoms with Gasteiger partial charge in [0.15, 0.2) is 0 Å². The van der Waals surface area contributed by atoms with Crippen LogP contribution in [0.3, 0.4) is 0 Å². The van der Waals surface area contributed by atoms with Crippen molar-refractivity contribution >= 4 is 0 Å². The van der Waals surface area contributed by atoms with E-state index in [9.17, 15) is 17.6 Å². The molecule has 3 fully saturated rings. The molecule has 2 saturated carbocycles. The van der Waals surface area contributed by atoms with Gasteiger partial charge in [0.2, 0.25) is 0 Å². The number of halogens is 4. The van der Waals surface area contributed by atoms with Gasteiger partial charge in [-0.15, -0.1) is 6.58 Å². The fourth-order valence-corrected chi connectivity index (χ4v) is 9.48. The van der Waals surface area contributed by atoms with Crippen LogP contribution in [0.25, 0.3) is 0 Å². The molecule has 1 heterocycles. The maximum Gasteiger partial charge on any atom is 0.387 e. The third-order valence-corrected chi connectivity index (χ3v) is 11.5. The topological polar surface area (TPSA) is 42.5 Å². The summed E-state index contributed by atoms with van der Waals surface area (Å²) in [7, 11) is 0. The predicted molar refractivity (Wildman–Crippen MR) is 182 cm³/mol. The Morgan fingerprint density at radius 1 is 0.915 bits per heavy atom. The summed E-state index contributed by atoms with van der Waals surface area (Å²) in [6.07, 6.45) is 10.0. The fraction of sp³-hybridized carbons (Fsp3) is 0.590. The van der Waals surface area contributed by atoms with Gasteiger partial charge in [0.1, 0.15) is 11.5 Å². The van der Waals surface area contributed by atoms with Gasteiger partial charge in [-0.1, -0.05) is 78.0 Å². The van der Waals surface area contributed by atoms with Crippen LogP contribution in [-0.4, -0.2) is 25.8 Å². The molecule has 5 rings (SSSR count). The Hall–Kier alpha value is -3.00. The molecular formula is C39H54F4N2O2. The number of ether oxygens (including phenoxy) is 2. The highest BCUT2D eigenvalue weighted by atomic mass is 19.3. The van der Waals surface area contributed by atoms with Crippen LogP contribution in [0.15, 0.2) is 73.5 Å². The summed E-state index contributed by atoms with van der Waals surface area (Å²) in [4.78, 5) is 0. The number of benzene rings is 2. The zero-order chi connectivity index (χ0) is 34.4. The molecule has 260 valence electrons. The van der Waals surface area contributed by atoms with Crippen molar-refractivity contribution in [1.82, 2.24) is 10.6 Å². The number of hydrogen-bond donors (Lipinski definition) is 2. The first-order chi connectivity index (χ1) is 22.5. The molecule has 0 spiro atoms. The molecule has 3 aliphatic rings. The van der Waals surface area contributed by atoms with E-state index in [-0.39, 0.29) is 34.3 Å². The molecule has 5 unspecified atom stereocenters. The van der Waals surface area contributed by atoms with Gasteiger partial charge in [-0.3, -0.25) is 0 Å². The maximum atomic E-state index is 12.8. The van der Waals surface area contributed by atoms with Crippen molar-refractivity contribution in [3.63, 3.8) is 0 Å². The summed E-state index contributed by atoms with van der Waals surface area (Å²) < 4.78 is 60.4. The van der Waals surface area contributed by atoms with E-state index < -0.39 is 13.2 Å². The summed E-state index contributed by atoms with van der Waals surface area (Å²) >= 11 is 0. The SMILES string of the molecule is C=CCC1NCC2C(CC[C@]3(C)C(C(=C)NC(c4ccc(OC(F)F)cc4)c4ccc(OC(F)F)cc4)CCC23)[C@@]1(C)CCC.CC. The van der Waals surface area contributed by atoms with Gasteiger partial charge in [0, 0.05) is 17.7 Å². The molecule has 2 aromatic rings. The number of nitrogens with one attached hydrogen (secondary N) is 2. The average Bonchev–Trinajstić information content (AvgIpc) is 3.40. The van der Waals surface area contributed by atoms with Crippen LogP contribution < -0.4 is 20.1 Å². The minimum absolute atomic E-state index is 0.0707. The summed E-state index contributed by atoms with van der Waals surface area (Å²) in [5.74, 6) is 2.28. The standard InChI is InChI=1S/C37H48F4N2O2.C2H6/c1-6-8-32-37(5,20-7-2)31-19-21-36(4)29(17-18-30(36)28(31)22-42-32)23(3)43-33(24-9-13-26(14-10-24)44-34(38)39)25-11-15-27(16-12-25)45-35(40)41;1-2/h6,9-16,28-35,42-43H,1,3,7-8,17-22H2,2,4-5H3;1-2H3/t28?,29?,30?,31?,32?,36-,37-;/m1./s1. The summed E-state index contributed by atoms with van der Waals surface area (Å²) in [5.41, 5.74) is 2.94. The molecule has 8 heteroatoms. The fourth-order valence-electron chi connectivity index (χ4n) is 9.48. The zero-order valence-electron chi connectivity index (χ0n) is 28.7. The lowest BCUT2D eigenvalue weighted by Gasteiger charge is -2.59. The zero-order valence-corrected chi connectivity index (χ0v) is 28.7. The van der Waals surface area contributed by atoms with Crippen molar-refractivity contribution in [1.29, 1.82) is 0 Å². The van der Waals surface area contributed by atoms with Crippen molar-refractivity contribution in [3.8, 4) is 11.5 Å². The number of allylic oxidation sites excluding steroid dienone is 1. The third kappa shape index (κ3) is 7.84. The van der Waals surface area contributed by atoms with E-state index in [1.165, 1.54) is 43.5 Å². The van der Waals surface area contributed by atoms with E-state index in [2.05, 4.69) is 60.1 Å². The highest BCUT2D eigenvalue weighted by molar-refractivity contribution is 5.39. The lowest BCUT2D eigenvalue weighted by molar-refractivity contribution is -0.0783. The highest BCUT2D eigenvalue weighted by Gasteiger charge is 2.59. The molecule has 1 saturated heterocycles. The molecular weight excluding hydrogens is 604 g/mol. The first-order valence-corrected chi connectivity index (χ1v) is 17.4. The minimum atomic E-state index is -2.91. The van der Waals surface area contributed by atoms with Crippen LogP contribution in [0, 0.1) is 34.5 Å². The van der Waals surface area contributed by atoms with Gasteiger partial charge in [0.05, 0.1) is 6.04 Å². The number of alkyl halides is 4. The number of fused-ring (bicyclic) bond motifs is 3. The molecule has 2 N–H and O–H groups in total. The Morgan fingerprint density at radius 2 is 1.47 bits per heavy atom. The van der Waals surface area contributed by atoms with Gasteiger partial charge in [-0.25, -0.2) is 0 Å². The largest absolute Gasteiger partial charge is 0.435 e. The molecule has 47 heavy (non-hydrogen) atoms. The van der Waals surface area contributed by atoms with E-state index in [0.29, 0.717) is 23.8 Å². The Balaban J connectivity index is 0.00000245. The molecule has 0 radical (unpaired) electrons. The smallest absolute Gasteiger partial charge is 0.387 e. The first-order valence-electron chi connectivity index (χ1n) is 17.4. The molecule has 0 bridgehead atoms. The van der Waals surface area contributed by atoms with Gasteiger partial charge >= 0.3 is 13.2 Å². The molecule has 1 aliphatic heterocycles. The third-order valence-electron chi connectivity index (χ3n) is 11.5. The maximum absolute atomic E-state index is 12.8. The molecule has 2 aromatic carbocycles. The molecule has 0 amide bonds. The van der Waals surface area contributed by atoms with E-state index >= 15 is 0 Å². The van der Waals surface area contributed by atoms with Gasteiger partial charge in [-0.2, -0.15) is 17.6 Å². The second kappa shape index (κ2) is 15.9. The van der Waals surface area contributed by atoms with Crippen LogP contribution in [-0.2, 0) is 0 Å². The lowest BCUT2D eigenvalue weighted by Crippen LogP contribution is -2.61. The normalized spacial score (nSPS) is 29.8. The Labute approximate surface area is 279 Å². The number of rotatable bonds is 13. The van der Waals surface area contributed by atoms with Gasteiger partial charge in [-0.05, 0) is 109 Å². The predicted octanol–water partition coefficient (Wildman–Crippen LogP) is 10.5. The van der Waals surface area contributed by atoms with Crippen LogP contribution in [0.1, 0.15) is 96.7 Å². The summed E-state index contributed by atoms with van der Waals surface area (Å²) in [5, 5.41) is 7.66. The minimum Gasteiger partial charge on any atom is -0.435 e. The molecule has 7 atom stereocenters. The summed E-state index contributed by atoms with van der Waals surface area (Å²) in [6, 6.07) is 13.2. The highest BCUT2D eigenvalue weighted by Crippen LogP contribution is 2.64. The van der Waals surface area contributed by atoms with Gasteiger partial charge in [0.25, 0.3) is 0 Å².